The van der Waals surface area contributed by atoms with Crippen LogP contribution in [0.25, 0.3) is 0 Å². The summed E-state index contributed by atoms with van der Waals surface area (Å²) in [6.07, 6.45) is 0.666. The van der Waals surface area contributed by atoms with Crippen molar-refractivity contribution >= 4 is 5.91 Å². The molecule has 0 bridgehead atoms. The molecule has 2 rings (SSSR count). The first-order chi connectivity index (χ1) is 9.56. The van der Waals surface area contributed by atoms with E-state index in [1.165, 1.54) is 5.56 Å². The summed E-state index contributed by atoms with van der Waals surface area (Å²) in [6.45, 7) is 4.06. The van der Waals surface area contributed by atoms with E-state index in [0.717, 1.165) is 6.42 Å². The third-order valence-corrected chi connectivity index (χ3v) is 3.54. The molecule has 1 aromatic carbocycles. The second kappa shape index (κ2) is 6.86. The van der Waals surface area contributed by atoms with Crippen LogP contribution in [0.5, 0.6) is 0 Å². The molecule has 1 amide bonds. The van der Waals surface area contributed by atoms with Crippen LogP contribution in [0, 0.1) is 5.92 Å². The minimum absolute atomic E-state index is 0.109. The quantitative estimate of drug-likeness (QED) is 0.864. The van der Waals surface area contributed by atoms with Gasteiger partial charge in [0.1, 0.15) is 6.10 Å². The van der Waals surface area contributed by atoms with Crippen LogP contribution in [0.4, 0.5) is 0 Å². The molecule has 0 aliphatic carbocycles. The molecule has 0 saturated carbocycles. The molecule has 0 aromatic heterocycles. The Hall–Kier alpha value is -1.39. The van der Waals surface area contributed by atoms with E-state index in [1.807, 2.05) is 44.2 Å². The number of morpholine rings is 1. The number of aryl methyl sites for hydroxylation is 1. The van der Waals surface area contributed by atoms with Gasteiger partial charge in [-0.25, -0.2) is 0 Å². The number of nitrogens with one attached hydrogen (secondary N) is 1. The van der Waals surface area contributed by atoms with Gasteiger partial charge in [0.05, 0.1) is 6.04 Å². The first-order valence-corrected chi connectivity index (χ1v) is 7.24. The van der Waals surface area contributed by atoms with Crippen molar-refractivity contribution in [1.29, 1.82) is 0 Å². The maximum absolute atomic E-state index is 11.9. The number of hydrogen-bond acceptors (Lipinski definition) is 3. The van der Waals surface area contributed by atoms with Crippen molar-refractivity contribution in [2.75, 3.05) is 0 Å². The number of carbonyl (C=O) groups excluding carboxylic acids is 1. The molecule has 3 atom stereocenters. The molecule has 1 heterocycles. The normalized spacial score (nSPS) is 26.6. The summed E-state index contributed by atoms with van der Waals surface area (Å²) in [6, 6.07) is 9.70. The highest BCUT2D eigenvalue weighted by atomic mass is 16.6. The molecule has 0 radical (unpaired) electrons. The number of amides is 1. The summed E-state index contributed by atoms with van der Waals surface area (Å²) < 4.78 is 5.45. The third kappa shape index (κ3) is 4.05. The van der Waals surface area contributed by atoms with Crippen molar-refractivity contribution in [1.82, 2.24) is 5.32 Å². The second-order valence-corrected chi connectivity index (χ2v) is 5.78. The fraction of sp³-hybridized carbons (Fsp3) is 0.562. The molecule has 110 valence electrons. The Morgan fingerprint density at radius 1 is 1.30 bits per heavy atom. The average Bonchev–Trinajstić information content (AvgIpc) is 2.41. The minimum Gasteiger partial charge on any atom is -0.366 e. The van der Waals surface area contributed by atoms with Crippen LogP contribution in [0.2, 0.25) is 0 Å². The highest BCUT2D eigenvalue weighted by Gasteiger charge is 2.35. The summed E-state index contributed by atoms with van der Waals surface area (Å²) in [4.78, 5) is 11.9. The highest BCUT2D eigenvalue weighted by molar-refractivity contribution is 5.81. The fourth-order valence-electron chi connectivity index (χ4n) is 2.44. The van der Waals surface area contributed by atoms with E-state index in [9.17, 15) is 9.90 Å². The lowest BCUT2D eigenvalue weighted by molar-refractivity contribution is -0.191. The highest BCUT2D eigenvalue weighted by Crippen LogP contribution is 2.18. The summed E-state index contributed by atoms with van der Waals surface area (Å²) >= 11 is 0. The molecule has 4 nitrogen and oxygen atoms in total. The van der Waals surface area contributed by atoms with Crippen molar-refractivity contribution < 1.29 is 14.6 Å². The number of aliphatic hydroxyl groups is 1. The van der Waals surface area contributed by atoms with Gasteiger partial charge in [-0.3, -0.25) is 4.79 Å². The van der Waals surface area contributed by atoms with Crippen molar-refractivity contribution in [3.05, 3.63) is 35.9 Å². The molecule has 1 saturated heterocycles. The Labute approximate surface area is 120 Å². The zero-order chi connectivity index (χ0) is 14.5. The van der Waals surface area contributed by atoms with Gasteiger partial charge in [0.15, 0.2) is 6.29 Å². The van der Waals surface area contributed by atoms with Crippen LogP contribution in [-0.4, -0.2) is 29.4 Å². The van der Waals surface area contributed by atoms with Crippen molar-refractivity contribution in [3.63, 3.8) is 0 Å². The number of aliphatic hydroxyl groups excluding tert-OH is 1. The first kappa shape index (κ1) is 15.0. The van der Waals surface area contributed by atoms with Gasteiger partial charge in [-0.15, -0.1) is 0 Å². The molecule has 4 heteroatoms. The molecule has 0 spiro atoms. The van der Waals surface area contributed by atoms with Crippen LogP contribution in [0.3, 0.4) is 0 Å². The Kier molecular flexibility index (Phi) is 5.15. The van der Waals surface area contributed by atoms with E-state index in [2.05, 4.69) is 5.32 Å². The van der Waals surface area contributed by atoms with Crippen molar-refractivity contribution in [3.8, 4) is 0 Å². The van der Waals surface area contributed by atoms with E-state index in [4.69, 9.17) is 4.74 Å². The van der Waals surface area contributed by atoms with Crippen molar-refractivity contribution in [2.24, 2.45) is 5.92 Å². The predicted octanol–water partition coefficient (Wildman–Crippen LogP) is 1.87. The smallest absolute Gasteiger partial charge is 0.249 e. The largest absolute Gasteiger partial charge is 0.366 e. The predicted molar refractivity (Wildman–Crippen MR) is 77.0 cm³/mol. The number of benzene rings is 1. The lowest BCUT2D eigenvalue weighted by Crippen LogP contribution is -2.56. The van der Waals surface area contributed by atoms with Gasteiger partial charge in [0.2, 0.25) is 5.91 Å². The molecule has 20 heavy (non-hydrogen) atoms. The Morgan fingerprint density at radius 3 is 2.65 bits per heavy atom. The van der Waals surface area contributed by atoms with Crippen LogP contribution < -0.4 is 5.32 Å². The second-order valence-electron chi connectivity index (χ2n) is 5.78. The van der Waals surface area contributed by atoms with Crippen LogP contribution in [0.1, 0.15) is 32.3 Å². The summed E-state index contributed by atoms with van der Waals surface area (Å²) in [5.41, 5.74) is 1.19. The van der Waals surface area contributed by atoms with Gasteiger partial charge in [-0.05, 0) is 30.7 Å². The van der Waals surface area contributed by atoms with Gasteiger partial charge in [-0.1, -0.05) is 44.2 Å². The van der Waals surface area contributed by atoms with Gasteiger partial charge < -0.3 is 15.2 Å². The van der Waals surface area contributed by atoms with Gasteiger partial charge >= 0.3 is 0 Å². The maximum Gasteiger partial charge on any atom is 0.249 e. The molecule has 1 aromatic rings. The summed E-state index contributed by atoms with van der Waals surface area (Å²) in [5, 5.41) is 12.9. The molecule has 1 fully saturated rings. The molecular formula is C16H23NO3. The summed E-state index contributed by atoms with van der Waals surface area (Å²) in [7, 11) is 0. The van der Waals surface area contributed by atoms with E-state index in [0.29, 0.717) is 18.8 Å². The van der Waals surface area contributed by atoms with E-state index in [1.54, 1.807) is 0 Å². The fourth-order valence-corrected chi connectivity index (χ4v) is 2.44. The van der Waals surface area contributed by atoms with Crippen LogP contribution in [-0.2, 0) is 16.0 Å². The van der Waals surface area contributed by atoms with Gasteiger partial charge in [0.25, 0.3) is 0 Å². The lowest BCUT2D eigenvalue weighted by atomic mass is 10.0. The topological polar surface area (TPSA) is 58.6 Å². The van der Waals surface area contributed by atoms with E-state index < -0.39 is 12.4 Å². The monoisotopic (exact) mass is 277 g/mol. The Bertz CT molecular complexity index is 433. The maximum atomic E-state index is 11.9. The summed E-state index contributed by atoms with van der Waals surface area (Å²) in [5.74, 6) is 0.251. The standard InChI is InChI=1S/C16H23NO3/c1-11(2)10-14-15(18)17-13(16(19)20-14)9-8-12-6-4-3-5-7-12/h3-7,11,13-14,16,19H,8-10H2,1-2H3,(H,17,18)/t13-,14-,16?/m0/s1. The van der Waals surface area contributed by atoms with Gasteiger partial charge in [0, 0.05) is 0 Å². The Balaban J connectivity index is 1.87. The SMILES string of the molecule is CC(C)C[C@@H]1OC(O)[C@H](CCc2ccccc2)NC1=O. The number of carbonyl (C=O) groups is 1. The zero-order valence-corrected chi connectivity index (χ0v) is 12.1. The molecule has 1 aliphatic rings. The molecular weight excluding hydrogens is 254 g/mol. The van der Waals surface area contributed by atoms with E-state index in [-0.39, 0.29) is 11.9 Å². The van der Waals surface area contributed by atoms with Crippen LogP contribution in [0.15, 0.2) is 30.3 Å². The van der Waals surface area contributed by atoms with Gasteiger partial charge in [-0.2, -0.15) is 0 Å². The average molecular weight is 277 g/mol. The molecule has 1 unspecified atom stereocenters. The number of ether oxygens (including phenoxy) is 1. The number of rotatable bonds is 5. The third-order valence-electron chi connectivity index (χ3n) is 3.54. The Morgan fingerprint density at radius 2 is 2.00 bits per heavy atom. The lowest BCUT2D eigenvalue weighted by Gasteiger charge is -2.34. The van der Waals surface area contributed by atoms with E-state index >= 15 is 0 Å². The molecule has 2 N–H and O–H groups in total. The minimum atomic E-state index is -0.917. The van der Waals surface area contributed by atoms with Crippen molar-refractivity contribution in [2.45, 2.75) is 51.5 Å². The number of hydrogen-bond donors (Lipinski definition) is 2. The molecule has 1 aliphatic heterocycles. The van der Waals surface area contributed by atoms with Crippen LogP contribution >= 0.6 is 0 Å². The first-order valence-electron chi connectivity index (χ1n) is 7.24. The zero-order valence-electron chi connectivity index (χ0n) is 12.1.